The summed E-state index contributed by atoms with van der Waals surface area (Å²) in [6.07, 6.45) is 8.30. The molecule has 0 amide bonds. The number of unbranched alkanes of at least 4 members (excludes halogenated alkanes) is 3. The number of benzene rings is 2. The second kappa shape index (κ2) is 12.8. The van der Waals surface area contributed by atoms with Crippen LogP contribution in [0.4, 0.5) is 8.78 Å². The van der Waals surface area contributed by atoms with Crippen LogP contribution in [0, 0.1) is 11.6 Å². The number of aryl methyl sites for hydroxylation is 1. The van der Waals surface area contributed by atoms with Crippen molar-refractivity contribution in [1.82, 2.24) is 0 Å². The molecule has 0 N–H and O–H groups in total. The van der Waals surface area contributed by atoms with Gasteiger partial charge >= 0.3 is 0 Å². The lowest BCUT2D eigenvalue weighted by molar-refractivity contribution is -0.0219. The Morgan fingerprint density at radius 3 is 2.16 bits per heavy atom. The number of rotatable bonds is 12. The SMILES string of the molecule is CCCCCc1ccc(C2CCC(COc3ccc(OCCCC)c(F)c3F)OC2)cc1. The Balaban J connectivity index is 1.45. The van der Waals surface area contributed by atoms with E-state index in [9.17, 15) is 8.78 Å². The molecule has 2 atom stereocenters. The van der Waals surface area contributed by atoms with Crippen molar-refractivity contribution < 1.29 is 23.0 Å². The van der Waals surface area contributed by atoms with Gasteiger partial charge < -0.3 is 14.2 Å². The zero-order valence-corrected chi connectivity index (χ0v) is 19.4. The van der Waals surface area contributed by atoms with Gasteiger partial charge in [0.2, 0.25) is 11.6 Å². The summed E-state index contributed by atoms with van der Waals surface area (Å²) in [6, 6.07) is 11.7. The third kappa shape index (κ3) is 6.93. The lowest BCUT2D eigenvalue weighted by Crippen LogP contribution is -2.29. The normalized spacial score (nSPS) is 18.5. The molecular formula is C27H36F2O3. The van der Waals surface area contributed by atoms with E-state index < -0.39 is 11.6 Å². The largest absolute Gasteiger partial charge is 0.490 e. The lowest BCUT2D eigenvalue weighted by atomic mass is 9.90. The van der Waals surface area contributed by atoms with Crippen LogP contribution in [-0.2, 0) is 11.2 Å². The predicted molar refractivity (Wildman–Crippen MR) is 124 cm³/mol. The van der Waals surface area contributed by atoms with Gasteiger partial charge in [-0.25, -0.2) is 0 Å². The average Bonchev–Trinajstić information content (AvgIpc) is 2.82. The lowest BCUT2D eigenvalue weighted by Gasteiger charge is -2.29. The van der Waals surface area contributed by atoms with Gasteiger partial charge in [0.15, 0.2) is 11.5 Å². The number of hydrogen-bond donors (Lipinski definition) is 0. The van der Waals surface area contributed by atoms with E-state index in [4.69, 9.17) is 14.2 Å². The molecule has 1 aliphatic rings. The summed E-state index contributed by atoms with van der Waals surface area (Å²) in [5.41, 5.74) is 2.69. The molecular weight excluding hydrogens is 410 g/mol. The summed E-state index contributed by atoms with van der Waals surface area (Å²) in [4.78, 5) is 0. The van der Waals surface area contributed by atoms with Crippen LogP contribution < -0.4 is 9.47 Å². The molecule has 5 heteroatoms. The minimum Gasteiger partial charge on any atom is -0.490 e. The molecule has 2 aromatic carbocycles. The zero-order valence-electron chi connectivity index (χ0n) is 19.4. The molecule has 0 radical (unpaired) electrons. The summed E-state index contributed by atoms with van der Waals surface area (Å²) in [7, 11) is 0. The molecule has 2 aromatic rings. The Morgan fingerprint density at radius 1 is 0.844 bits per heavy atom. The minimum atomic E-state index is -1.01. The summed E-state index contributed by atoms with van der Waals surface area (Å²) in [5, 5.41) is 0. The molecule has 176 valence electrons. The molecule has 0 spiro atoms. The van der Waals surface area contributed by atoms with Gasteiger partial charge in [-0.15, -0.1) is 0 Å². The van der Waals surface area contributed by atoms with Crippen molar-refractivity contribution in [2.75, 3.05) is 19.8 Å². The smallest absolute Gasteiger partial charge is 0.204 e. The Hall–Kier alpha value is -2.14. The predicted octanol–water partition coefficient (Wildman–Crippen LogP) is 7.22. The third-order valence-corrected chi connectivity index (χ3v) is 6.08. The summed E-state index contributed by atoms with van der Waals surface area (Å²) < 4.78 is 45.3. The molecule has 0 aliphatic carbocycles. The van der Waals surface area contributed by atoms with E-state index in [-0.39, 0.29) is 24.2 Å². The van der Waals surface area contributed by atoms with Gasteiger partial charge in [-0.2, -0.15) is 8.78 Å². The molecule has 1 fully saturated rings. The molecule has 0 aromatic heterocycles. The highest BCUT2D eigenvalue weighted by Crippen LogP contribution is 2.31. The highest BCUT2D eigenvalue weighted by molar-refractivity contribution is 5.35. The Morgan fingerprint density at radius 2 is 1.53 bits per heavy atom. The Bertz CT molecular complexity index is 814. The maximum absolute atomic E-state index is 14.3. The minimum absolute atomic E-state index is 0.0727. The van der Waals surface area contributed by atoms with Crippen LogP contribution in [0.15, 0.2) is 36.4 Å². The first-order valence-corrected chi connectivity index (χ1v) is 12.1. The maximum atomic E-state index is 14.3. The summed E-state index contributed by atoms with van der Waals surface area (Å²) in [5.74, 6) is -1.82. The van der Waals surface area contributed by atoms with E-state index in [1.807, 2.05) is 6.92 Å². The second-order valence-corrected chi connectivity index (χ2v) is 8.63. The van der Waals surface area contributed by atoms with Gasteiger partial charge in [-0.3, -0.25) is 0 Å². The van der Waals surface area contributed by atoms with Crippen molar-refractivity contribution in [3.63, 3.8) is 0 Å². The summed E-state index contributed by atoms with van der Waals surface area (Å²) in [6.45, 7) is 5.42. The van der Waals surface area contributed by atoms with Crippen molar-refractivity contribution in [1.29, 1.82) is 0 Å². The van der Waals surface area contributed by atoms with Crippen molar-refractivity contribution in [3.05, 3.63) is 59.2 Å². The van der Waals surface area contributed by atoms with E-state index in [0.717, 1.165) is 32.1 Å². The third-order valence-electron chi connectivity index (χ3n) is 6.08. The van der Waals surface area contributed by atoms with Crippen LogP contribution in [0.1, 0.15) is 75.8 Å². The van der Waals surface area contributed by atoms with Gasteiger partial charge in [0.05, 0.1) is 19.3 Å². The molecule has 0 bridgehead atoms. The van der Waals surface area contributed by atoms with Gasteiger partial charge in [0.25, 0.3) is 0 Å². The van der Waals surface area contributed by atoms with Crippen LogP contribution in [0.5, 0.6) is 11.5 Å². The Kier molecular flexibility index (Phi) is 9.79. The van der Waals surface area contributed by atoms with Crippen molar-refractivity contribution in [3.8, 4) is 11.5 Å². The van der Waals surface area contributed by atoms with E-state index >= 15 is 0 Å². The number of ether oxygens (including phenoxy) is 3. The van der Waals surface area contributed by atoms with Crippen molar-refractivity contribution in [2.45, 2.75) is 77.2 Å². The molecule has 1 heterocycles. The Labute approximate surface area is 191 Å². The quantitative estimate of drug-likeness (QED) is 0.322. The molecule has 32 heavy (non-hydrogen) atoms. The number of hydrogen-bond acceptors (Lipinski definition) is 3. The zero-order chi connectivity index (χ0) is 22.8. The van der Waals surface area contributed by atoms with Crippen LogP contribution in [0.2, 0.25) is 0 Å². The highest BCUT2D eigenvalue weighted by Gasteiger charge is 2.24. The molecule has 0 saturated carbocycles. The van der Waals surface area contributed by atoms with E-state index in [1.165, 1.54) is 42.5 Å². The van der Waals surface area contributed by atoms with Gasteiger partial charge in [-0.05, 0) is 55.4 Å². The monoisotopic (exact) mass is 446 g/mol. The van der Waals surface area contributed by atoms with Crippen LogP contribution >= 0.6 is 0 Å². The topological polar surface area (TPSA) is 27.7 Å². The first-order valence-electron chi connectivity index (χ1n) is 12.1. The molecule has 2 unspecified atom stereocenters. The fourth-order valence-corrected chi connectivity index (χ4v) is 3.98. The van der Waals surface area contributed by atoms with Gasteiger partial charge in [0, 0.05) is 5.92 Å². The van der Waals surface area contributed by atoms with Gasteiger partial charge in [0.1, 0.15) is 6.61 Å². The molecule has 3 nitrogen and oxygen atoms in total. The number of halogens is 2. The van der Waals surface area contributed by atoms with Crippen molar-refractivity contribution in [2.24, 2.45) is 0 Å². The van der Waals surface area contributed by atoms with Crippen LogP contribution in [0.3, 0.4) is 0 Å². The summed E-state index contributed by atoms with van der Waals surface area (Å²) >= 11 is 0. The van der Waals surface area contributed by atoms with Crippen LogP contribution in [0.25, 0.3) is 0 Å². The van der Waals surface area contributed by atoms with E-state index in [2.05, 4.69) is 31.2 Å². The molecule has 3 rings (SSSR count). The fraction of sp³-hybridized carbons (Fsp3) is 0.556. The first kappa shape index (κ1) is 24.5. The first-order chi connectivity index (χ1) is 15.6. The molecule has 1 aliphatic heterocycles. The maximum Gasteiger partial charge on any atom is 0.204 e. The fourth-order valence-electron chi connectivity index (χ4n) is 3.98. The average molecular weight is 447 g/mol. The van der Waals surface area contributed by atoms with Gasteiger partial charge in [-0.1, -0.05) is 57.4 Å². The van der Waals surface area contributed by atoms with E-state index in [0.29, 0.717) is 19.1 Å². The van der Waals surface area contributed by atoms with Crippen LogP contribution in [-0.4, -0.2) is 25.9 Å². The second-order valence-electron chi connectivity index (χ2n) is 8.63. The molecule has 1 saturated heterocycles. The van der Waals surface area contributed by atoms with E-state index in [1.54, 1.807) is 0 Å². The van der Waals surface area contributed by atoms with Crippen molar-refractivity contribution >= 4 is 0 Å². The standard InChI is InChI=1S/C27H36F2O3/c1-3-5-7-8-20-9-11-21(12-10-20)22-13-14-23(31-18-22)19-32-25-16-15-24(26(28)27(25)29)30-17-6-4-2/h9-12,15-16,22-23H,3-8,13-14,17-19H2,1-2H3. The highest BCUT2D eigenvalue weighted by atomic mass is 19.2.